The summed E-state index contributed by atoms with van der Waals surface area (Å²) in [5.41, 5.74) is -0.381. The predicted octanol–water partition coefficient (Wildman–Crippen LogP) is 3.80. The second kappa shape index (κ2) is 8.28. The molecule has 30 heavy (non-hydrogen) atoms. The number of ketones is 1. The van der Waals surface area contributed by atoms with Crippen LogP contribution < -0.4 is 14.8 Å². The predicted molar refractivity (Wildman–Crippen MR) is 113 cm³/mol. The zero-order valence-corrected chi connectivity index (χ0v) is 18.5. The Morgan fingerprint density at radius 1 is 1.20 bits per heavy atom. The first-order chi connectivity index (χ1) is 14.2. The normalized spacial score (nSPS) is 24.2. The lowest BCUT2D eigenvalue weighted by molar-refractivity contribution is -0.132. The highest BCUT2D eigenvalue weighted by Gasteiger charge is 2.53. The number of methoxy groups -OCH3 is 2. The van der Waals surface area contributed by atoms with Crippen LogP contribution in [0.15, 0.2) is 18.2 Å². The zero-order chi connectivity index (χ0) is 22.1. The molecule has 1 spiro atoms. The number of Topliss-reactive ketones (excluding diaryl/α,β-unsaturated/α-hetero) is 1. The molecule has 0 radical (unpaired) electrons. The summed E-state index contributed by atoms with van der Waals surface area (Å²) in [7, 11) is 2.98. The zero-order valence-electron chi connectivity index (χ0n) is 18.5. The maximum atomic E-state index is 13.2. The molecule has 1 aliphatic heterocycles. The Balaban J connectivity index is 1.74. The van der Waals surface area contributed by atoms with Crippen LogP contribution in [-0.4, -0.2) is 48.9 Å². The molecule has 0 unspecified atom stereocenters. The topological polar surface area (TPSA) is 84.9 Å². The van der Waals surface area contributed by atoms with Crippen LogP contribution in [0.2, 0.25) is 0 Å². The number of hydrogen-bond acceptors (Lipinski definition) is 5. The van der Waals surface area contributed by atoms with Crippen molar-refractivity contribution in [3.63, 3.8) is 0 Å². The largest absolute Gasteiger partial charge is 0.497 e. The van der Waals surface area contributed by atoms with Crippen LogP contribution in [0, 0.1) is 11.3 Å². The van der Waals surface area contributed by atoms with Gasteiger partial charge in [-0.15, -0.1) is 0 Å². The Bertz CT molecular complexity index is 840. The Hall–Kier alpha value is -2.57. The van der Waals surface area contributed by atoms with E-state index in [9.17, 15) is 14.4 Å². The number of rotatable bonds is 7. The molecule has 0 bridgehead atoms. The van der Waals surface area contributed by atoms with Crippen molar-refractivity contribution in [1.82, 2.24) is 10.2 Å². The van der Waals surface area contributed by atoms with E-state index in [4.69, 9.17) is 9.47 Å². The van der Waals surface area contributed by atoms with Gasteiger partial charge in [-0.05, 0) is 55.2 Å². The number of carbonyl (C=O) groups excluding carboxylic acids is 3. The third kappa shape index (κ3) is 3.89. The number of nitrogens with zero attached hydrogens (tertiary/aromatic N) is 1. The van der Waals surface area contributed by atoms with E-state index < -0.39 is 11.6 Å². The minimum absolute atomic E-state index is 0.214. The first-order valence-electron chi connectivity index (χ1n) is 10.6. The molecule has 2 aliphatic rings. The average molecular weight is 417 g/mol. The van der Waals surface area contributed by atoms with Crippen molar-refractivity contribution < 1.29 is 23.9 Å². The maximum Gasteiger partial charge on any atom is 0.325 e. The van der Waals surface area contributed by atoms with Crippen molar-refractivity contribution in [2.45, 2.75) is 58.4 Å². The van der Waals surface area contributed by atoms with Crippen molar-refractivity contribution in [3.05, 3.63) is 23.8 Å². The Morgan fingerprint density at radius 2 is 1.87 bits per heavy atom. The number of urea groups is 1. The number of amides is 3. The number of imide groups is 1. The molecule has 7 heteroatoms. The van der Waals surface area contributed by atoms with Gasteiger partial charge in [-0.25, -0.2) is 4.79 Å². The fraction of sp³-hybridized carbons (Fsp3) is 0.609. The molecule has 3 rings (SSSR count). The minimum Gasteiger partial charge on any atom is -0.497 e. The van der Waals surface area contributed by atoms with Crippen LogP contribution in [0.1, 0.15) is 63.2 Å². The molecule has 1 heterocycles. The number of carbonyl (C=O) groups is 3. The first-order valence-corrected chi connectivity index (χ1v) is 10.6. The fourth-order valence-corrected chi connectivity index (χ4v) is 4.60. The molecule has 0 aromatic heterocycles. The van der Waals surface area contributed by atoms with Crippen LogP contribution in [0.3, 0.4) is 0 Å². The van der Waals surface area contributed by atoms with Gasteiger partial charge in [-0.3, -0.25) is 14.5 Å². The summed E-state index contributed by atoms with van der Waals surface area (Å²) in [6.07, 6.45) is 4.07. The molecule has 1 aromatic rings. The van der Waals surface area contributed by atoms with Gasteiger partial charge < -0.3 is 14.8 Å². The molecule has 1 N–H and O–H groups in total. The smallest absolute Gasteiger partial charge is 0.325 e. The van der Waals surface area contributed by atoms with Gasteiger partial charge in [0.05, 0.1) is 26.3 Å². The Kier molecular flexibility index (Phi) is 6.11. The van der Waals surface area contributed by atoms with Crippen LogP contribution in [-0.2, 0) is 4.79 Å². The lowest BCUT2D eigenvalue weighted by Crippen LogP contribution is -2.51. The molecule has 3 amide bonds. The monoisotopic (exact) mass is 416 g/mol. The highest BCUT2D eigenvalue weighted by Crippen LogP contribution is 2.45. The van der Waals surface area contributed by atoms with Crippen molar-refractivity contribution in [2.24, 2.45) is 11.3 Å². The molecule has 1 saturated carbocycles. The summed E-state index contributed by atoms with van der Waals surface area (Å²) < 4.78 is 10.5. The highest BCUT2D eigenvalue weighted by molar-refractivity contribution is 6.11. The number of ether oxygens (including phenoxy) is 2. The summed E-state index contributed by atoms with van der Waals surface area (Å²) in [6, 6.07) is 4.39. The van der Waals surface area contributed by atoms with Gasteiger partial charge in [0.15, 0.2) is 5.78 Å². The summed E-state index contributed by atoms with van der Waals surface area (Å²) in [6.45, 7) is 6.39. The van der Waals surface area contributed by atoms with E-state index in [2.05, 4.69) is 26.1 Å². The van der Waals surface area contributed by atoms with Crippen molar-refractivity contribution in [2.75, 3.05) is 20.8 Å². The van der Waals surface area contributed by atoms with E-state index in [0.717, 1.165) is 24.2 Å². The Labute approximate surface area is 178 Å². The highest BCUT2D eigenvalue weighted by atomic mass is 16.5. The summed E-state index contributed by atoms with van der Waals surface area (Å²) in [4.78, 5) is 39.8. The third-order valence-electron chi connectivity index (χ3n) is 7.11. The standard InChI is InChI=1S/C23H32N2O5/c1-6-22(2,3)15-9-11-23(12-10-15)20(27)25(21(28)24-23)14-18(26)17-13-16(29-4)7-8-19(17)30-5/h7-8,13,15H,6,9-12,14H2,1-5H3,(H,24,28). The lowest BCUT2D eigenvalue weighted by atomic mass is 9.65. The first kappa shape index (κ1) is 22.1. The molecule has 0 atom stereocenters. The molecule has 1 aromatic carbocycles. The summed E-state index contributed by atoms with van der Waals surface area (Å²) in [5, 5.41) is 2.90. The van der Waals surface area contributed by atoms with Crippen LogP contribution in [0.4, 0.5) is 4.79 Å². The Morgan fingerprint density at radius 3 is 2.43 bits per heavy atom. The molecular weight excluding hydrogens is 384 g/mol. The van der Waals surface area contributed by atoms with E-state index in [1.54, 1.807) is 18.2 Å². The van der Waals surface area contributed by atoms with E-state index >= 15 is 0 Å². The van der Waals surface area contributed by atoms with Crippen LogP contribution >= 0.6 is 0 Å². The minimum atomic E-state index is -0.879. The van der Waals surface area contributed by atoms with Gasteiger partial charge in [-0.1, -0.05) is 27.2 Å². The van der Waals surface area contributed by atoms with Crippen molar-refractivity contribution >= 4 is 17.7 Å². The van der Waals surface area contributed by atoms with Crippen LogP contribution in [0.25, 0.3) is 0 Å². The van der Waals surface area contributed by atoms with E-state index in [0.29, 0.717) is 30.3 Å². The van der Waals surface area contributed by atoms with Gasteiger partial charge in [0.25, 0.3) is 5.91 Å². The second-order valence-electron chi connectivity index (χ2n) is 9.01. The molecule has 1 saturated heterocycles. The average Bonchev–Trinajstić information content (AvgIpc) is 2.97. The van der Waals surface area contributed by atoms with Crippen molar-refractivity contribution in [1.29, 1.82) is 0 Å². The van der Waals surface area contributed by atoms with Crippen molar-refractivity contribution in [3.8, 4) is 11.5 Å². The number of nitrogens with one attached hydrogen (secondary N) is 1. The van der Waals surface area contributed by atoms with E-state index in [1.165, 1.54) is 14.2 Å². The molecule has 7 nitrogen and oxygen atoms in total. The van der Waals surface area contributed by atoms with Gasteiger partial charge in [0.1, 0.15) is 17.0 Å². The van der Waals surface area contributed by atoms with Gasteiger partial charge in [-0.2, -0.15) is 0 Å². The summed E-state index contributed by atoms with van der Waals surface area (Å²) in [5.74, 6) is 0.742. The molecule has 1 aliphatic carbocycles. The molecule has 164 valence electrons. The number of hydrogen-bond donors (Lipinski definition) is 1. The van der Waals surface area contributed by atoms with Gasteiger partial charge in [0.2, 0.25) is 0 Å². The van der Waals surface area contributed by atoms with E-state index in [1.807, 2.05) is 0 Å². The third-order valence-corrected chi connectivity index (χ3v) is 7.11. The van der Waals surface area contributed by atoms with E-state index in [-0.39, 0.29) is 29.2 Å². The number of benzene rings is 1. The molecule has 2 fully saturated rings. The van der Waals surface area contributed by atoms with Gasteiger partial charge in [0, 0.05) is 0 Å². The quantitative estimate of drug-likeness (QED) is 0.540. The summed E-state index contributed by atoms with van der Waals surface area (Å²) >= 11 is 0. The SMILES string of the molecule is CCC(C)(C)C1CCC2(CC1)NC(=O)N(CC(=O)c1cc(OC)ccc1OC)C2=O. The maximum absolute atomic E-state index is 13.2. The fourth-order valence-electron chi connectivity index (χ4n) is 4.60. The molecular formula is C23H32N2O5. The second-order valence-corrected chi connectivity index (χ2v) is 9.01. The van der Waals surface area contributed by atoms with Gasteiger partial charge >= 0.3 is 6.03 Å². The lowest BCUT2D eigenvalue weighted by Gasteiger charge is -2.42. The van der Waals surface area contributed by atoms with Crippen LogP contribution in [0.5, 0.6) is 11.5 Å².